The van der Waals surface area contributed by atoms with Crippen LogP contribution in [0, 0.1) is 0 Å². The molecular weight excluding hydrogens is 546 g/mol. The number of rotatable bonds is 17. The second kappa shape index (κ2) is 16.8. The molecule has 15 nitrogen and oxygen atoms in total. The van der Waals surface area contributed by atoms with Gasteiger partial charge in [-0.15, -0.1) is 0 Å². The lowest BCUT2D eigenvalue weighted by molar-refractivity contribution is -0.371. The van der Waals surface area contributed by atoms with Crippen molar-refractivity contribution in [2.75, 3.05) is 32.1 Å². The van der Waals surface area contributed by atoms with Gasteiger partial charge in [0.25, 0.3) is 0 Å². The van der Waals surface area contributed by atoms with Crippen molar-refractivity contribution in [3.05, 3.63) is 0 Å². The molecule has 11 unspecified atom stereocenters. The third-order valence-electron chi connectivity index (χ3n) is 6.82. The van der Waals surface area contributed by atoms with Gasteiger partial charge in [-0.05, 0) is 26.3 Å². The van der Waals surface area contributed by atoms with E-state index in [0.717, 1.165) is 32.1 Å². The van der Waals surface area contributed by atoms with Gasteiger partial charge in [0.15, 0.2) is 12.6 Å². The molecule has 232 valence electrons. The third-order valence-corrected chi connectivity index (χ3v) is 7.53. The van der Waals surface area contributed by atoms with Crippen LogP contribution >= 0.6 is 0 Å². The lowest BCUT2D eigenvalue weighted by atomic mass is 9.97. The van der Waals surface area contributed by atoms with Gasteiger partial charge in [0.2, 0.25) is 0 Å². The molecule has 0 spiro atoms. The average Bonchev–Trinajstić information content (AvgIpc) is 2.88. The molecule has 0 aromatic rings. The van der Waals surface area contributed by atoms with Gasteiger partial charge in [0.05, 0.1) is 35.2 Å². The number of hydrogen-bond donors (Lipinski definition) is 8. The minimum absolute atomic E-state index is 0.133. The zero-order valence-corrected chi connectivity index (χ0v) is 22.8. The van der Waals surface area contributed by atoms with Crippen LogP contribution in [0.25, 0.3) is 0 Å². The number of aliphatic hydroxyl groups excluding tert-OH is 7. The molecule has 0 bridgehead atoms. The van der Waals surface area contributed by atoms with Crippen LogP contribution < -0.4 is 5.32 Å². The van der Waals surface area contributed by atoms with E-state index in [4.69, 9.17) is 18.9 Å². The van der Waals surface area contributed by atoms with Crippen molar-refractivity contribution in [2.24, 2.45) is 0 Å². The number of hydrogen-bond acceptors (Lipinski definition) is 15. The van der Waals surface area contributed by atoms with Gasteiger partial charge in [-0.25, -0.2) is 8.42 Å². The molecule has 0 aromatic carbocycles. The van der Waals surface area contributed by atoms with E-state index in [1.165, 1.54) is 0 Å². The summed E-state index contributed by atoms with van der Waals surface area (Å²) in [6.45, 7) is 1.23. The molecule has 2 aliphatic heterocycles. The number of ether oxygens (including phenoxy) is 4. The summed E-state index contributed by atoms with van der Waals surface area (Å²) in [7, 11) is -4.21. The fraction of sp³-hybridized carbons (Fsp3) is 1.00. The third kappa shape index (κ3) is 11.0. The van der Waals surface area contributed by atoms with Crippen LogP contribution in [0.3, 0.4) is 0 Å². The van der Waals surface area contributed by atoms with E-state index in [1.807, 2.05) is 0 Å². The van der Waals surface area contributed by atoms with Crippen LogP contribution in [0.2, 0.25) is 0 Å². The predicted molar refractivity (Wildman–Crippen MR) is 132 cm³/mol. The summed E-state index contributed by atoms with van der Waals surface area (Å²) >= 11 is 0. The topological polar surface area (TPSA) is 248 Å². The van der Waals surface area contributed by atoms with Crippen molar-refractivity contribution in [2.45, 2.75) is 113 Å². The number of nitrogens with one attached hydrogen (secondary N) is 1. The maximum Gasteiger partial charge on any atom is 0.187 e. The highest BCUT2D eigenvalue weighted by molar-refractivity contribution is 7.85. The van der Waals surface area contributed by atoms with Crippen LogP contribution in [-0.2, 0) is 29.1 Å². The Hall–Kier alpha value is -0.570. The zero-order valence-electron chi connectivity index (χ0n) is 22.0. The zero-order chi connectivity index (χ0) is 29.2. The normalized spacial score (nSPS) is 36.6. The largest absolute Gasteiger partial charge is 0.748 e. The van der Waals surface area contributed by atoms with Crippen molar-refractivity contribution in [3.8, 4) is 0 Å². The Balaban J connectivity index is 1.82. The van der Waals surface area contributed by atoms with Crippen molar-refractivity contribution < 1.29 is 67.7 Å². The summed E-state index contributed by atoms with van der Waals surface area (Å²) in [4.78, 5) is 0. The van der Waals surface area contributed by atoms with Crippen molar-refractivity contribution >= 4 is 10.1 Å². The first-order valence-electron chi connectivity index (χ1n) is 13.3. The molecule has 0 aliphatic carbocycles. The Morgan fingerprint density at radius 2 is 1.36 bits per heavy atom. The summed E-state index contributed by atoms with van der Waals surface area (Å²) < 4.78 is 54.2. The van der Waals surface area contributed by atoms with Gasteiger partial charge in [-0.2, -0.15) is 0 Å². The van der Waals surface area contributed by atoms with Crippen molar-refractivity contribution in [1.82, 2.24) is 5.32 Å². The Labute approximate surface area is 228 Å². The predicted octanol–water partition coefficient (Wildman–Crippen LogP) is -3.51. The summed E-state index contributed by atoms with van der Waals surface area (Å²) in [6.07, 6.45) is -10.4. The Morgan fingerprint density at radius 3 is 1.97 bits per heavy atom. The lowest BCUT2D eigenvalue weighted by Crippen LogP contribution is -2.64. The molecule has 2 heterocycles. The van der Waals surface area contributed by atoms with Crippen molar-refractivity contribution in [1.29, 1.82) is 0 Å². The molecule has 2 saturated heterocycles. The average molecular weight is 591 g/mol. The first-order chi connectivity index (χ1) is 18.4. The van der Waals surface area contributed by atoms with Gasteiger partial charge in [0.1, 0.15) is 48.8 Å². The molecule has 0 aromatic heterocycles. The number of unbranched alkanes of at least 4 members (excludes halogenated alkanes) is 4. The summed E-state index contributed by atoms with van der Waals surface area (Å²) in [5.41, 5.74) is 0. The van der Waals surface area contributed by atoms with Crippen molar-refractivity contribution in [3.63, 3.8) is 0 Å². The molecular formula is C23H44NO14S-. The van der Waals surface area contributed by atoms with Gasteiger partial charge in [-0.3, -0.25) is 0 Å². The fourth-order valence-corrected chi connectivity index (χ4v) is 4.87. The molecule has 2 fully saturated rings. The minimum Gasteiger partial charge on any atom is -0.748 e. The van der Waals surface area contributed by atoms with Gasteiger partial charge in [-0.1, -0.05) is 25.7 Å². The number of aliphatic hydroxyl groups is 7. The molecule has 8 N–H and O–H groups in total. The Bertz CT molecular complexity index is 789. The van der Waals surface area contributed by atoms with E-state index in [2.05, 4.69) is 5.32 Å². The van der Waals surface area contributed by atoms with E-state index in [1.54, 1.807) is 6.92 Å². The first kappa shape index (κ1) is 34.6. The molecule has 16 heteroatoms. The molecule has 0 radical (unpaired) electrons. The lowest BCUT2D eigenvalue weighted by Gasteiger charge is -2.46. The Morgan fingerprint density at radius 1 is 0.795 bits per heavy atom. The first-order valence-corrected chi connectivity index (χ1v) is 14.9. The standard InChI is InChI=1S/C23H45NO14S/c1-13(7-5-3-2-4-6-8-24-9-10-39(32,33)34)35-23-21(19(30)17(28)15(12-26)37-23)38-22-20(31)18(29)16(27)14(11-25)36-22/h13-31H,2-12H2,1H3,(H,32,33,34)/p-1. The molecule has 2 rings (SSSR count). The highest BCUT2D eigenvalue weighted by atomic mass is 32.2. The highest BCUT2D eigenvalue weighted by Gasteiger charge is 2.51. The smallest absolute Gasteiger partial charge is 0.187 e. The minimum atomic E-state index is -4.21. The monoisotopic (exact) mass is 590 g/mol. The molecule has 11 atom stereocenters. The molecule has 39 heavy (non-hydrogen) atoms. The van der Waals surface area contributed by atoms with E-state index in [9.17, 15) is 48.7 Å². The van der Waals surface area contributed by atoms with Gasteiger partial charge < -0.3 is 64.6 Å². The van der Waals surface area contributed by atoms with Crippen LogP contribution in [-0.4, -0.2) is 148 Å². The molecule has 2 aliphatic rings. The van der Waals surface area contributed by atoms with Gasteiger partial charge in [0, 0.05) is 6.54 Å². The van der Waals surface area contributed by atoms with Crippen LogP contribution in [0.15, 0.2) is 0 Å². The van der Waals surface area contributed by atoms with Crippen LogP contribution in [0.5, 0.6) is 0 Å². The summed E-state index contributed by atoms with van der Waals surface area (Å²) in [5.74, 6) is -0.431. The second-order valence-corrected chi connectivity index (χ2v) is 11.5. The van der Waals surface area contributed by atoms with E-state index >= 15 is 0 Å². The van der Waals surface area contributed by atoms with E-state index < -0.39 is 96.6 Å². The fourth-order valence-electron chi connectivity index (χ4n) is 4.48. The summed E-state index contributed by atoms with van der Waals surface area (Å²) in [5, 5.41) is 73.2. The second-order valence-electron chi connectivity index (χ2n) is 10.0. The quantitative estimate of drug-likeness (QED) is 0.0604. The maximum atomic E-state index is 10.7. The SMILES string of the molecule is CC(CCCCCCCNCCS(=O)(=O)[O-])OC1OC(CO)C(O)C(O)C1OC1OC(CO)C(O)C(O)C1O. The highest BCUT2D eigenvalue weighted by Crippen LogP contribution is 2.30. The van der Waals surface area contributed by atoms with Crippen LogP contribution in [0.4, 0.5) is 0 Å². The van der Waals surface area contributed by atoms with Gasteiger partial charge >= 0.3 is 0 Å². The molecule has 0 saturated carbocycles. The van der Waals surface area contributed by atoms with E-state index in [-0.39, 0.29) is 6.54 Å². The summed E-state index contributed by atoms with van der Waals surface area (Å²) in [6, 6.07) is 0. The Kier molecular flexibility index (Phi) is 14.9. The molecule has 0 amide bonds. The van der Waals surface area contributed by atoms with E-state index in [0.29, 0.717) is 13.0 Å². The van der Waals surface area contributed by atoms with Crippen LogP contribution in [0.1, 0.15) is 45.4 Å². The maximum absolute atomic E-state index is 10.7.